The van der Waals surface area contributed by atoms with Gasteiger partial charge in [0, 0.05) is 6.54 Å². The first-order chi connectivity index (χ1) is 3.63. The number of carbonyl (C=O) groups excluding carboxylic acids is 1. The largest absolute Gasteiger partial charge is 0.369 e. The molecule has 0 bridgehead atoms. The Morgan fingerprint density at radius 3 is 2.38 bits per heavy atom. The maximum atomic E-state index is 10.0. The van der Waals surface area contributed by atoms with E-state index in [1.807, 2.05) is 19.0 Å². The van der Waals surface area contributed by atoms with Crippen LogP contribution in [0, 0.1) is 6.42 Å². The van der Waals surface area contributed by atoms with Crippen LogP contribution in [0.4, 0.5) is 0 Å². The SMILES string of the molecule is CN(C)C[CH]C(N)=O. The third-order valence-corrected chi connectivity index (χ3v) is 0.658. The van der Waals surface area contributed by atoms with Gasteiger partial charge in [-0.1, -0.05) is 0 Å². The first-order valence-corrected chi connectivity index (χ1v) is 2.40. The van der Waals surface area contributed by atoms with Crippen LogP contribution in [-0.4, -0.2) is 31.4 Å². The Kier molecular flexibility index (Phi) is 3.19. The van der Waals surface area contributed by atoms with Gasteiger partial charge in [-0.3, -0.25) is 4.79 Å². The zero-order valence-electron chi connectivity index (χ0n) is 5.22. The predicted octanol–water partition coefficient (Wildman–Crippen LogP) is -0.762. The molecular weight excluding hydrogens is 104 g/mol. The Hall–Kier alpha value is -0.570. The van der Waals surface area contributed by atoms with E-state index in [-0.39, 0.29) is 5.91 Å². The summed E-state index contributed by atoms with van der Waals surface area (Å²) in [5, 5.41) is 0. The number of hydrogen-bond donors (Lipinski definition) is 1. The number of amides is 1. The van der Waals surface area contributed by atoms with Crippen LogP contribution in [0.5, 0.6) is 0 Å². The van der Waals surface area contributed by atoms with Crippen LogP contribution in [0.3, 0.4) is 0 Å². The fraction of sp³-hybridized carbons (Fsp3) is 0.600. The molecule has 0 unspecified atom stereocenters. The van der Waals surface area contributed by atoms with Gasteiger partial charge >= 0.3 is 0 Å². The maximum absolute atomic E-state index is 10.0. The lowest BCUT2D eigenvalue weighted by Gasteiger charge is -2.04. The molecule has 0 saturated carbocycles. The van der Waals surface area contributed by atoms with Crippen LogP contribution < -0.4 is 5.73 Å². The first kappa shape index (κ1) is 7.43. The van der Waals surface area contributed by atoms with Crippen LogP contribution in [0.15, 0.2) is 0 Å². The van der Waals surface area contributed by atoms with Crippen LogP contribution in [-0.2, 0) is 4.79 Å². The van der Waals surface area contributed by atoms with Crippen molar-refractivity contribution in [1.82, 2.24) is 4.90 Å². The predicted molar refractivity (Wildman–Crippen MR) is 32.0 cm³/mol. The molecule has 0 aromatic rings. The second-order valence-electron chi connectivity index (χ2n) is 1.87. The second-order valence-corrected chi connectivity index (χ2v) is 1.87. The summed E-state index contributed by atoms with van der Waals surface area (Å²) in [6.07, 6.45) is 1.43. The van der Waals surface area contributed by atoms with Crippen LogP contribution in [0.1, 0.15) is 0 Å². The lowest BCUT2D eigenvalue weighted by atomic mass is 10.4. The van der Waals surface area contributed by atoms with Gasteiger partial charge in [0.2, 0.25) is 5.91 Å². The van der Waals surface area contributed by atoms with E-state index in [4.69, 9.17) is 5.73 Å². The third kappa shape index (κ3) is 5.43. The van der Waals surface area contributed by atoms with Crippen molar-refractivity contribution < 1.29 is 4.79 Å². The van der Waals surface area contributed by atoms with Gasteiger partial charge in [-0.05, 0) is 14.1 Å². The van der Waals surface area contributed by atoms with Gasteiger partial charge in [0.1, 0.15) is 0 Å². The van der Waals surface area contributed by atoms with E-state index in [0.717, 1.165) is 0 Å². The molecule has 0 aromatic carbocycles. The molecule has 0 saturated heterocycles. The Labute approximate surface area is 49.5 Å². The Morgan fingerprint density at radius 2 is 2.25 bits per heavy atom. The molecule has 0 aliphatic heterocycles. The van der Waals surface area contributed by atoms with E-state index >= 15 is 0 Å². The van der Waals surface area contributed by atoms with Crippen molar-refractivity contribution in [3.63, 3.8) is 0 Å². The van der Waals surface area contributed by atoms with Gasteiger partial charge in [-0.15, -0.1) is 0 Å². The monoisotopic (exact) mass is 115 g/mol. The smallest absolute Gasteiger partial charge is 0.222 e. The van der Waals surface area contributed by atoms with E-state index in [1.165, 1.54) is 6.42 Å². The maximum Gasteiger partial charge on any atom is 0.222 e. The van der Waals surface area contributed by atoms with Gasteiger partial charge in [0.25, 0.3) is 0 Å². The topological polar surface area (TPSA) is 46.3 Å². The summed E-state index contributed by atoms with van der Waals surface area (Å²) in [5.41, 5.74) is 4.82. The molecule has 1 radical (unpaired) electrons. The third-order valence-electron chi connectivity index (χ3n) is 0.658. The molecule has 0 heterocycles. The molecule has 3 nitrogen and oxygen atoms in total. The van der Waals surface area contributed by atoms with Crippen LogP contribution in [0.2, 0.25) is 0 Å². The molecular formula is C5H11N2O. The molecule has 47 valence electrons. The normalized spacial score (nSPS) is 9.88. The van der Waals surface area contributed by atoms with Crippen LogP contribution in [0.25, 0.3) is 0 Å². The molecule has 1 amide bonds. The van der Waals surface area contributed by atoms with Gasteiger partial charge < -0.3 is 10.6 Å². The lowest BCUT2D eigenvalue weighted by Crippen LogP contribution is -2.21. The Bertz CT molecular complexity index is 80.5. The van der Waals surface area contributed by atoms with E-state index in [1.54, 1.807) is 0 Å². The number of hydrogen-bond acceptors (Lipinski definition) is 2. The van der Waals surface area contributed by atoms with Gasteiger partial charge in [-0.25, -0.2) is 0 Å². The van der Waals surface area contributed by atoms with Gasteiger partial charge in [0.15, 0.2) is 0 Å². The number of nitrogens with zero attached hydrogens (tertiary/aromatic N) is 1. The molecule has 0 rings (SSSR count). The van der Waals surface area contributed by atoms with E-state index in [9.17, 15) is 4.79 Å². The van der Waals surface area contributed by atoms with Gasteiger partial charge in [-0.2, -0.15) is 0 Å². The molecule has 0 fully saturated rings. The average Bonchev–Trinajstić information content (AvgIpc) is 1.61. The lowest BCUT2D eigenvalue weighted by molar-refractivity contribution is -0.115. The first-order valence-electron chi connectivity index (χ1n) is 2.40. The van der Waals surface area contributed by atoms with Crippen molar-refractivity contribution in [3.05, 3.63) is 6.42 Å². The number of primary amides is 1. The summed E-state index contributed by atoms with van der Waals surface area (Å²) in [4.78, 5) is 11.9. The zero-order chi connectivity index (χ0) is 6.57. The highest BCUT2D eigenvalue weighted by molar-refractivity contribution is 5.82. The van der Waals surface area contributed by atoms with Crippen molar-refractivity contribution in [2.45, 2.75) is 0 Å². The average molecular weight is 115 g/mol. The van der Waals surface area contributed by atoms with Crippen molar-refractivity contribution in [2.75, 3.05) is 20.6 Å². The minimum atomic E-state index is -0.362. The molecule has 0 aromatic heterocycles. The van der Waals surface area contributed by atoms with Crippen molar-refractivity contribution in [1.29, 1.82) is 0 Å². The minimum absolute atomic E-state index is 0.362. The molecule has 8 heavy (non-hydrogen) atoms. The summed E-state index contributed by atoms with van der Waals surface area (Å²) >= 11 is 0. The van der Waals surface area contributed by atoms with Gasteiger partial charge in [0.05, 0.1) is 6.42 Å². The molecule has 2 N–H and O–H groups in total. The summed E-state index contributed by atoms with van der Waals surface area (Å²) in [7, 11) is 3.75. The van der Waals surface area contributed by atoms with E-state index in [2.05, 4.69) is 0 Å². The Balaban J connectivity index is 3.05. The second kappa shape index (κ2) is 3.43. The fourth-order valence-electron chi connectivity index (χ4n) is 0.273. The van der Waals surface area contributed by atoms with Crippen molar-refractivity contribution in [3.8, 4) is 0 Å². The number of nitrogens with two attached hydrogens (primary N) is 1. The highest BCUT2D eigenvalue weighted by atomic mass is 16.1. The highest BCUT2D eigenvalue weighted by Gasteiger charge is 1.93. The van der Waals surface area contributed by atoms with Crippen molar-refractivity contribution in [2.24, 2.45) is 5.73 Å². The van der Waals surface area contributed by atoms with Crippen molar-refractivity contribution >= 4 is 5.91 Å². The summed E-state index contributed by atoms with van der Waals surface area (Å²) < 4.78 is 0. The zero-order valence-corrected chi connectivity index (χ0v) is 5.22. The molecule has 0 atom stereocenters. The van der Waals surface area contributed by atoms with Crippen LogP contribution >= 0.6 is 0 Å². The molecule has 0 aliphatic rings. The van der Waals surface area contributed by atoms with E-state index < -0.39 is 0 Å². The fourth-order valence-corrected chi connectivity index (χ4v) is 0.273. The molecule has 0 aliphatic carbocycles. The standard InChI is InChI=1S/C5H11N2O/c1-7(2)4-3-5(6)8/h3H,4H2,1-2H3,(H2,6,8). The summed E-state index contributed by atoms with van der Waals surface area (Å²) in [5.74, 6) is -0.362. The van der Waals surface area contributed by atoms with E-state index in [0.29, 0.717) is 6.54 Å². The summed E-state index contributed by atoms with van der Waals surface area (Å²) in [6, 6.07) is 0. The number of rotatable bonds is 3. The molecule has 0 spiro atoms. The summed E-state index contributed by atoms with van der Waals surface area (Å²) in [6.45, 7) is 0.620. The minimum Gasteiger partial charge on any atom is -0.369 e. The molecule has 3 heteroatoms. The quantitative estimate of drug-likeness (QED) is 0.525. The Morgan fingerprint density at radius 1 is 1.75 bits per heavy atom. The highest BCUT2D eigenvalue weighted by Crippen LogP contribution is 1.77. The number of carbonyl (C=O) groups is 1.